The number of rotatable bonds is 2. The van der Waals surface area contributed by atoms with E-state index in [1.165, 1.54) is 0 Å². The quantitative estimate of drug-likeness (QED) is 0.327. The molecule has 0 aliphatic rings. The van der Waals surface area contributed by atoms with Crippen molar-refractivity contribution in [1.82, 2.24) is 0 Å². The molecule has 0 aromatic heterocycles. The predicted molar refractivity (Wildman–Crippen MR) is 26.6 cm³/mol. The Morgan fingerprint density at radius 1 is 1.10 bits per heavy atom. The maximum atomic E-state index is 9.55. The van der Waals surface area contributed by atoms with Crippen LogP contribution in [0.3, 0.4) is 0 Å². The van der Waals surface area contributed by atoms with Crippen LogP contribution in [0.25, 0.3) is 0 Å². The molecule has 0 spiro atoms. The third-order valence-corrected chi connectivity index (χ3v) is 0.368. The van der Waals surface area contributed by atoms with Gasteiger partial charge in [-0.3, -0.25) is 0 Å². The van der Waals surface area contributed by atoms with Crippen molar-refractivity contribution in [2.24, 2.45) is 0 Å². The van der Waals surface area contributed by atoms with Gasteiger partial charge in [0.15, 0.2) is 0 Å². The molecule has 0 amide bonds. The van der Waals surface area contributed by atoms with E-state index in [9.17, 15) is 9.59 Å². The number of carboxylic acids is 2. The van der Waals surface area contributed by atoms with Gasteiger partial charge in [-0.05, 0) is 0 Å². The van der Waals surface area contributed by atoms with Crippen LogP contribution in [0.1, 0.15) is 2.85 Å². The van der Waals surface area contributed by atoms with E-state index in [1.54, 1.807) is 0 Å². The van der Waals surface area contributed by atoms with E-state index in [1.807, 2.05) is 0 Å². The molecule has 10 heavy (non-hydrogen) atoms. The van der Waals surface area contributed by atoms with Crippen LogP contribution in [0, 0.1) is 0 Å². The zero-order valence-electron chi connectivity index (χ0n) is 7.87. The van der Waals surface area contributed by atoms with E-state index < -0.39 is 11.9 Å². The summed E-state index contributed by atoms with van der Waals surface area (Å²) in [6.45, 7) is 0. The molecule has 0 aromatic rings. The molecule has 0 aromatic carbocycles. The largest absolute Gasteiger partial charge is 1.00 e. The van der Waals surface area contributed by atoms with Crippen LogP contribution in [-0.2, 0) is 9.59 Å². The maximum absolute atomic E-state index is 9.55. The van der Waals surface area contributed by atoms with Gasteiger partial charge in [0.1, 0.15) is 0 Å². The molecule has 0 radical (unpaired) electrons. The van der Waals surface area contributed by atoms with Gasteiger partial charge in [0.25, 0.3) is 0 Å². The molecule has 6 heteroatoms. The van der Waals surface area contributed by atoms with Crippen molar-refractivity contribution in [3.63, 3.8) is 0 Å². The molecule has 0 fully saturated rings. The van der Waals surface area contributed by atoms with Crippen molar-refractivity contribution >= 4 is 11.9 Å². The zero-order valence-corrected chi connectivity index (χ0v) is 11.0. The first-order valence-corrected chi connectivity index (χ1v) is 1.77. The van der Waals surface area contributed by atoms with Gasteiger partial charge < -0.3 is 13.1 Å². The van der Waals surface area contributed by atoms with Gasteiger partial charge in [0.05, 0.1) is 0 Å². The number of hydrogen-bond acceptors (Lipinski definition) is 2. The second kappa shape index (κ2) is 10.3. The molecule has 0 bridgehead atoms. The van der Waals surface area contributed by atoms with Gasteiger partial charge in [0.2, 0.25) is 0 Å². The molecule has 0 aliphatic heterocycles. The third-order valence-electron chi connectivity index (χ3n) is 0.368. The Morgan fingerprint density at radius 2 is 1.30 bits per heavy atom. The van der Waals surface area contributed by atoms with Crippen LogP contribution in [0.5, 0.6) is 0 Å². The minimum Gasteiger partial charge on any atom is -1.00 e. The summed E-state index contributed by atoms with van der Waals surface area (Å²) < 4.78 is 0. The fraction of sp³-hybridized carbons (Fsp3) is 0. The molecule has 48 valence electrons. The smallest absolute Gasteiger partial charge is 1.00 e. The first-order valence-electron chi connectivity index (χ1n) is 1.77. The van der Waals surface area contributed by atoms with Crippen LogP contribution < -0.4 is 80.9 Å². The Bertz CT molecular complexity index is 136. The van der Waals surface area contributed by atoms with Crippen molar-refractivity contribution in [2.75, 3.05) is 0 Å². The topological polar surface area (TPSA) is 74.6 Å². The van der Waals surface area contributed by atoms with Crippen molar-refractivity contribution < 1.29 is 104 Å². The summed E-state index contributed by atoms with van der Waals surface area (Å²) in [6, 6.07) is 0. The number of aliphatic carboxylic acids is 2. The van der Waals surface area contributed by atoms with Crippen LogP contribution in [0.15, 0.2) is 12.2 Å². The second-order valence-corrected chi connectivity index (χ2v) is 1.01. The Hall–Kier alpha value is 1.32. The van der Waals surface area contributed by atoms with Gasteiger partial charge in [-0.25, -0.2) is 9.59 Å². The van der Waals surface area contributed by atoms with Crippen molar-refractivity contribution in [3.05, 3.63) is 12.2 Å². The first-order chi connectivity index (χ1) is 3.63. The van der Waals surface area contributed by atoms with Gasteiger partial charge in [0, 0.05) is 12.2 Å². The summed E-state index contributed by atoms with van der Waals surface area (Å²) in [5.74, 6) is -2.51. The number of carboxylic acid groups (broad SMARTS) is 2. The van der Waals surface area contributed by atoms with Gasteiger partial charge in [-0.1, -0.05) is 0 Å². The molecule has 0 saturated heterocycles. The van der Waals surface area contributed by atoms with Crippen LogP contribution in [0.2, 0.25) is 0 Å². The summed E-state index contributed by atoms with van der Waals surface area (Å²) in [7, 11) is 0. The van der Waals surface area contributed by atoms with Crippen molar-refractivity contribution in [3.8, 4) is 0 Å². The summed E-state index contributed by atoms with van der Waals surface area (Å²) in [4.78, 5) is 19.1. The van der Waals surface area contributed by atoms with E-state index in [-0.39, 0.29) is 83.8 Å². The van der Waals surface area contributed by atoms with E-state index >= 15 is 0 Å². The van der Waals surface area contributed by atoms with Gasteiger partial charge in [-0.2, -0.15) is 0 Å². The van der Waals surface area contributed by atoms with Crippen LogP contribution in [0.4, 0.5) is 0 Å². The summed E-state index contributed by atoms with van der Waals surface area (Å²) in [5, 5.41) is 15.6. The van der Waals surface area contributed by atoms with Gasteiger partial charge in [-0.15, -0.1) is 0 Å². The molecular formula is C4H6KNaO4. The maximum Gasteiger partial charge on any atom is 1.00 e. The summed E-state index contributed by atoms with van der Waals surface area (Å²) in [5.41, 5.74) is 0. The molecule has 0 heterocycles. The normalized spacial score (nSPS) is 7.60. The minimum atomic E-state index is -1.26. The monoisotopic (exact) mass is 180 g/mol. The molecule has 0 atom stereocenters. The van der Waals surface area contributed by atoms with E-state index in [2.05, 4.69) is 0 Å². The van der Waals surface area contributed by atoms with E-state index in [0.29, 0.717) is 12.2 Å². The Balaban J connectivity index is -0.0000000408. The van der Waals surface area contributed by atoms with Gasteiger partial charge >= 0.3 is 92.9 Å². The van der Waals surface area contributed by atoms with Crippen LogP contribution >= 0.6 is 0 Å². The van der Waals surface area contributed by atoms with E-state index in [4.69, 9.17) is 10.2 Å². The van der Waals surface area contributed by atoms with Crippen LogP contribution in [-0.4, -0.2) is 22.2 Å². The standard InChI is InChI=1S/C4H4O4.K.Na.2H/c5-3(6)1-2-4(7)8;;;;/h1-2H,(H,5,6)(H,7,8);;;;/q;2*+1;2*-1/b2-1-;;;;. The minimum absolute atomic E-state index is 0. The number of carbonyl (C=O) groups is 2. The summed E-state index contributed by atoms with van der Waals surface area (Å²) >= 11 is 0. The first kappa shape index (κ1) is 17.4. The molecule has 0 rings (SSSR count). The molecule has 2 N–H and O–H groups in total. The number of hydrogen-bond donors (Lipinski definition) is 2. The molecule has 0 aliphatic carbocycles. The average molecular weight is 180 g/mol. The summed E-state index contributed by atoms with van der Waals surface area (Å²) in [6.07, 6.45) is 1.12. The fourth-order valence-electron chi connectivity index (χ4n) is 0.143. The second-order valence-electron chi connectivity index (χ2n) is 1.01. The Kier molecular flexibility index (Phi) is 18.0. The van der Waals surface area contributed by atoms with Crippen molar-refractivity contribution in [1.29, 1.82) is 0 Å². The fourth-order valence-corrected chi connectivity index (χ4v) is 0.143. The third kappa shape index (κ3) is 16.2. The van der Waals surface area contributed by atoms with Crippen molar-refractivity contribution in [2.45, 2.75) is 0 Å². The molecule has 4 nitrogen and oxygen atoms in total. The SMILES string of the molecule is O=C(O)/C=C\C(=O)O.[H-].[H-].[K+].[Na+]. The Morgan fingerprint density at radius 3 is 1.40 bits per heavy atom. The Labute approximate surface area is 125 Å². The predicted octanol–water partition coefficient (Wildman–Crippen LogP) is -6.06. The molecule has 0 unspecified atom stereocenters. The zero-order chi connectivity index (χ0) is 6.57. The van der Waals surface area contributed by atoms with E-state index in [0.717, 1.165) is 0 Å². The molecule has 0 saturated carbocycles. The molecular weight excluding hydrogens is 174 g/mol. The average Bonchev–Trinajstić information content (AvgIpc) is 1.61.